The summed E-state index contributed by atoms with van der Waals surface area (Å²) in [5, 5.41) is 3.41. The topological polar surface area (TPSA) is 47.6 Å². The predicted octanol–water partition coefficient (Wildman–Crippen LogP) is 3.71. The lowest BCUT2D eigenvalue weighted by atomic mass is 10.6. The summed E-state index contributed by atoms with van der Waals surface area (Å²) in [6.07, 6.45) is 2.32. The van der Waals surface area contributed by atoms with Gasteiger partial charge in [0.1, 0.15) is 0 Å². The molecule has 0 heterocycles. The van der Waals surface area contributed by atoms with Crippen LogP contribution >= 0.6 is 13.6 Å². The summed E-state index contributed by atoms with van der Waals surface area (Å²) in [7, 11) is -3.03. The fourth-order valence-corrected chi connectivity index (χ4v) is 8.11. The van der Waals surface area contributed by atoms with E-state index >= 15 is 0 Å². The molecule has 0 spiro atoms. The van der Waals surface area contributed by atoms with Crippen molar-refractivity contribution in [3.8, 4) is 0 Å². The molecule has 0 aromatic heterocycles. The number of nitrogens with one attached hydrogen (secondary N) is 1. The van der Waals surface area contributed by atoms with E-state index in [4.69, 9.17) is 20.9 Å². The first-order valence-corrected chi connectivity index (χ1v) is 12.1. The van der Waals surface area contributed by atoms with E-state index < -0.39 is 13.6 Å². The van der Waals surface area contributed by atoms with Gasteiger partial charge >= 0.3 is 7.60 Å². The van der Waals surface area contributed by atoms with Crippen LogP contribution in [0.1, 0.15) is 34.6 Å². The zero-order chi connectivity index (χ0) is 14.9. The van der Waals surface area contributed by atoms with Crippen LogP contribution in [-0.4, -0.2) is 44.0 Å². The highest BCUT2D eigenvalue weighted by atomic mass is 32.4. The second kappa shape index (κ2) is 9.65. The Morgan fingerprint density at radius 3 is 1.84 bits per heavy atom. The second-order valence-electron chi connectivity index (χ2n) is 4.29. The Labute approximate surface area is 123 Å². The molecule has 0 aliphatic carbocycles. The normalized spacial score (nSPS) is 14.6. The molecule has 0 rings (SSSR count). The van der Waals surface area contributed by atoms with Crippen molar-refractivity contribution in [3.63, 3.8) is 0 Å². The molecule has 0 fully saturated rings. The molecule has 0 aromatic rings. The lowest BCUT2D eigenvalue weighted by Gasteiger charge is -2.32. The summed E-state index contributed by atoms with van der Waals surface area (Å²) in [6, 6.07) is -1.56. The number of rotatable bonds is 11. The first-order valence-electron chi connectivity index (χ1n) is 7.10. The van der Waals surface area contributed by atoms with Gasteiger partial charge in [-0.15, -0.1) is 0 Å². The maximum Gasteiger partial charge on any atom is 0.332 e. The van der Waals surface area contributed by atoms with Crippen molar-refractivity contribution < 1.29 is 13.6 Å². The van der Waals surface area contributed by atoms with Gasteiger partial charge in [0.15, 0.2) is 0 Å². The van der Waals surface area contributed by atoms with Crippen molar-refractivity contribution in [1.29, 1.82) is 0 Å². The highest BCUT2D eigenvalue weighted by Crippen LogP contribution is 2.57. The molecule has 0 saturated heterocycles. The molecule has 19 heavy (non-hydrogen) atoms. The Balaban J connectivity index is 5.08. The van der Waals surface area contributed by atoms with Crippen LogP contribution in [0.25, 0.3) is 0 Å². The molecular formula is C12H29NO3P2S. The molecule has 0 bridgehead atoms. The number of hydrogen-bond donors (Lipinski definition) is 1. The van der Waals surface area contributed by atoms with E-state index in [-0.39, 0.29) is 5.78 Å². The third-order valence-electron chi connectivity index (χ3n) is 3.13. The number of hydrogen-bond acceptors (Lipinski definition) is 5. The van der Waals surface area contributed by atoms with E-state index in [0.717, 1.165) is 18.9 Å². The van der Waals surface area contributed by atoms with Crippen LogP contribution in [0.15, 0.2) is 0 Å². The molecule has 0 amide bonds. The molecule has 1 unspecified atom stereocenters. The van der Waals surface area contributed by atoms with Crippen molar-refractivity contribution in [2.45, 2.75) is 40.4 Å². The molecule has 0 radical (unpaired) electrons. The highest BCUT2D eigenvalue weighted by molar-refractivity contribution is 8.15. The Kier molecular flexibility index (Phi) is 10.0. The third-order valence-corrected chi connectivity index (χ3v) is 11.5. The maximum atomic E-state index is 12.7. The van der Waals surface area contributed by atoms with Crippen molar-refractivity contribution >= 4 is 25.4 Å². The Hall–Kier alpha value is 0.760. The fourth-order valence-electron chi connectivity index (χ4n) is 2.03. The molecule has 0 aliphatic heterocycles. The zero-order valence-electron chi connectivity index (χ0n) is 12.8. The average molecular weight is 329 g/mol. The highest BCUT2D eigenvalue weighted by Gasteiger charge is 2.34. The summed E-state index contributed by atoms with van der Waals surface area (Å²) in [5.74, 6) is 0.0754. The Morgan fingerprint density at radius 2 is 1.53 bits per heavy atom. The van der Waals surface area contributed by atoms with E-state index in [1.165, 1.54) is 0 Å². The van der Waals surface area contributed by atoms with Gasteiger partial charge in [-0.05, 0) is 38.8 Å². The SMILES string of the molecule is CCNC(CP(=O)(OCC)OCC)P(=S)(CC)CC. The maximum absolute atomic E-state index is 12.7. The lowest BCUT2D eigenvalue weighted by molar-refractivity contribution is 0.219. The van der Waals surface area contributed by atoms with Gasteiger partial charge in [-0.25, -0.2) is 0 Å². The standard InChI is InChI=1S/C12H29NO3P2S/c1-6-13-12(17(19,9-4)10-5)11-18(14,15-7-2)16-8-3/h12-13H,6-11H2,1-5H3. The average Bonchev–Trinajstić information content (AvgIpc) is 2.38. The Bertz CT molecular complexity index is 321. The van der Waals surface area contributed by atoms with E-state index in [1.807, 2.05) is 20.8 Å². The third kappa shape index (κ3) is 6.37. The van der Waals surface area contributed by atoms with Crippen molar-refractivity contribution in [3.05, 3.63) is 0 Å². The second-order valence-corrected chi connectivity index (χ2v) is 12.4. The molecule has 7 heteroatoms. The van der Waals surface area contributed by atoms with E-state index in [9.17, 15) is 4.57 Å². The smallest absolute Gasteiger partial charge is 0.309 e. The van der Waals surface area contributed by atoms with Gasteiger partial charge in [0, 0.05) is 5.78 Å². The largest absolute Gasteiger partial charge is 0.332 e. The van der Waals surface area contributed by atoms with E-state index in [2.05, 4.69) is 19.2 Å². The van der Waals surface area contributed by atoms with Crippen LogP contribution < -0.4 is 5.32 Å². The molecular weight excluding hydrogens is 300 g/mol. The van der Waals surface area contributed by atoms with Crippen LogP contribution in [0.3, 0.4) is 0 Å². The van der Waals surface area contributed by atoms with Gasteiger partial charge < -0.3 is 14.4 Å². The van der Waals surface area contributed by atoms with Gasteiger partial charge in [-0.1, -0.05) is 32.6 Å². The van der Waals surface area contributed by atoms with Crippen LogP contribution in [0.5, 0.6) is 0 Å². The summed E-state index contributed by atoms with van der Waals surface area (Å²) in [4.78, 5) is 0. The summed E-state index contributed by atoms with van der Waals surface area (Å²) < 4.78 is 23.5. The van der Waals surface area contributed by atoms with Crippen LogP contribution in [0, 0.1) is 0 Å². The fraction of sp³-hybridized carbons (Fsp3) is 1.00. The van der Waals surface area contributed by atoms with Gasteiger partial charge in [-0.2, -0.15) is 0 Å². The molecule has 1 N–H and O–H groups in total. The summed E-state index contributed by atoms with van der Waals surface area (Å²) in [6.45, 7) is 11.6. The van der Waals surface area contributed by atoms with E-state index in [0.29, 0.717) is 19.4 Å². The molecule has 0 aromatic carbocycles. The van der Waals surface area contributed by atoms with Crippen LogP contribution in [0.2, 0.25) is 0 Å². The predicted molar refractivity (Wildman–Crippen MR) is 88.6 cm³/mol. The van der Waals surface area contributed by atoms with Gasteiger partial charge in [-0.3, -0.25) is 4.57 Å². The minimum Gasteiger partial charge on any atom is -0.309 e. The quantitative estimate of drug-likeness (QED) is 0.586. The van der Waals surface area contributed by atoms with E-state index in [1.54, 1.807) is 0 Å². The monoisotopic (exact) mass is 329 g/mol. The molecule has 4 nitrogen and oxygen atoms in total. The van der Waals surface area contributed by atoms with Crippen molar-refractivity contribution in [2.75, 3.05) is 38.2 Å². The molecule has 0 saturated carbocycles. The minimum atomic E-state index is -3.03. The molecule has 116 valence electrons. The first-order chi connectivity index (χ1) is 8.91. The zero-order valence-corrected chi connectivity index (χ0v) is 15.5. The first kappa shape index (κ1) is 19.8. The van der Waals surface area contributed by atoms with Crippen LogP contribution in [0.4, 0.5) is 0 Å². The van der Waals surface area contributed by atoms with Crippen molar-refractivity contribution in [2.24, 2.45) is 0 Å². The summed E-state index contributed by atoms with van der Waals surface area (Å²) >= 11 is 5.84. The van der Waals surface area contributed by atoms with Gasteiger partial charge in [0.25, 0.3) is 0 Å². The van der Waals surface area contributed by atoms with Crippen LogP contribution in [-0.2, 0) is 25.4 Å². The van der Waals surface area contributed by atoms with Gasteiger partial charge in [0.2, 0.25) is 0 Å². The Morgan fingerprint density at radius 1 is 1.05 bits per heavy atom. The molecule has 0 aliphatic rings. The lowest BCUT2D eigenvalue weighted by Crippen LogP contribution is -2.34. The van der Waals surface area contributed by atoms with Gasteiger partial charge in [0.05, 0.1) is 19.4 Å². The minimum absolute atomic E-state index is 0.0754. The molecule has 1 atom stereocenters. The van der Waals surface area contributed by atoms with Crippen molar-refractivity contribution in [1.82, 2.24) is 5.32 Å². The summed E-state index contributed by atoms with van der Waals surface area (Å²) in [5.41, 5.74) is 0.